The summed E-state index contributed by atoms with van der Waals surface area (Å²) in [6, 6.07) is 8.11. The summed E-state index contributed by atoms with van der Waals surface area (Å²) in [4.78, 5) is 13.6. The average Bonchev–Trinajstić information content (AvgIpc) is 3.14. The predicted octanol–water partition coefficient (Wildman–Crippen LogP) is 2.91. The molecule has 1 heterocycles. The van der Waals surface area contributed by atoms with E-state index in [-0.39, 0.29) is 23.4 Å². The fourth-order valence-corrected chi connectivity index (χ4v) is 3.98. The smallest absolute Gasteiger partial charge is 0.240 e. The van der Waals surface area contributed by atoms with Crippen LogP contribution in [0.4, 0.5) is 5.69 Å². The van der Waals surface area contributed by atoms with Crippen molar-refractivity contribution >= 4 is 21.6 Å². The topological polar surface area (TPSA) is 91.7 Å². The molecule has 148 valence electrons. The van der Waals surface area contributed by atoms with E-state index in [4.69, 9.17) is 4.42 Å². The van der Waals surface area contributed by atoms with Crippen LogP contribution in [0.3, 0.4) is 0 Å². The van der Waals surface area contributed by atoms with Crippen molar-refractivity contribution in [2.45, 2.75) is 38.6 Å². The summed E-state index contributed by atoms with van der Waals surface area (Å²) in [6.07, 6.45) is 1.58. The van der Waals surface area contributed by atoms with Crippen molar-refractivity contribution in [3.63, 3.8) is 0 Å². The van der Waals surface area contributed by atoms with Crippen molar-refractivity contribution in [2.75, 3.05) is 25.0 Å². The Morgan fingerprint density at radius 3 is 2.48 bits per heavy atom. The Morgan fingerprint density at radius 1 is 1.22 bits per heavy atom. The zero-order valence-corrected chi connectivity index (χ0v) is 17.0. The molecule has 0 saturated carbocycles. The summed E-state index contributed by atoms with van der Waals surface area (Å²) < 4.78 is 33.7. The standard InChI is InChI=1S/C19H27N3O4S/c1-5-22(6-2)18(19-8-7-11-26-19)13-20-27(24,25)16-10-9-14(3)17(12-16)21-15(4)23/h7-12,18,20H,5-6,13H2,1-4H3,(H,21,23). The van der Waals surface area contributed by atoms with Gasteiger partial charge in [0, 0.05) is 19.2 Å². The second-order valence-electron chi connectivity index (χ2n) is 6.26. The molecule has 8 heteroatoms. The number of benzene rings is 1. The van der Waals surface area contributed by atoms with E-state index >= 15 is 0 Å². The number of likely N-dealkylation sites (N-methyl/N-ethyl adjacent to an activating group) is 1. The molecule has 0 saturated heterocycles. The molecule has 27 heavy (non-hydrogen) atoms. The highest BCUT2D eigenvalue weighted by atomic mass is 32.2. The zero-order valence-electron chi connectivity index (χ0n) is 16.2. The SMILES string of the molecule is CCN(CC)C(CNS(=O)(=O)c1ccc(C)c(NC(C)=O)c1)c1ccco1. The van der Waals surface area contributed by atoms with E-state index in [2.05, 4.69) is 14.9 Å². The first kappa shape index (κ1) is 21.1. The van der Waals surface area contributed by atoms with E-state index in [1.54, 1.807) is 18.4 Å². The van der Waals surface area contributed by atoms with E-state index in [0.717, 1.165) is 18.7 Å². The van der Waals surface area contributed by atoms with Gasteiger partial charge in [-0.05, 0) is 49.8 Å². The summed E-state index contributed by atoms with van der Waals surface area (Å²) in [5, 5.41) is 2.65. The lowest BCUT2D eigenvalue weighted by Gasteiger charge is -2.28. The monoisotopic (exact) mass is 393 g/mol. The molecular formula is C19H27N3O4S. The molecular weight excluding hydrogens is 366 g/mol. The Morgan fingerprint density at radius 2 is 1.93 bits per heavy atom. The molecule has 0 aliphatic rings. The van der Waals surface area contributed by atoms with Gasteiger partial charge in [-0.2, -0.15) is 0 Å². The molecule has 2 rings (SSSR count). The molecule has 1 aromatic carbocycles. The minimum atomic E-state index is -3.74. The van der Waals surface area contributed by atoms with E-state index < -0.39 is 10.0 Å². The minimum Gasteiger partial charge on any atom is -0.468 e. The quantitative estimate of drug-likeness (QED) is 0.683. The maximum Gasteiger partial charge on any atom is 0.240 e. The van der Waals surface area contributed by atoms with Crippen LogP contribution < -0.4 is 10.0 Å². The molecule has 0 aliphatic carbocycles. The van der Waals surface area contributed by atoms with E-state index in [9.17, 15) is 13.2 Å². The molecule has 0 bridgehead atoms. The first-order valence-corrected chi connectivity index (χ1v) is 10.4. The van der Waals surface area contributed by atoms with Gasteiger partial charge in [0.1, 0.15) is 5.76 Å². The maximum absolute atomic E-state index is 12.8. The lowest BCUT2D eigenvalue weighted by Crippen LogP contribution is -2.37. The highest BCUT2D eigenvalue weighted by molar-refractivity contribution is 7.89. The first-order chi connectivity index (χ1) is 12.8. The van der Waals surface area contributed by atoms with E-state index in [0.29, 0.717) is 11.4 Å². The summed E-state index contributed by atoms with van der Waals surface area (Å²) >= 11 is 0. The van der Waals surface area contributed by atoms with Crippen LogP contribution in [0, 0.1) is 6.92 Å². The van der Waals surface area contributed by atoms with Crippen LogP contribution in [-0.2, 0) is 14.8 Å². The van der Waals surface area contributed by atoms with Crippen LogP contribution in [0.15, 0.2) is 45.9 Å². The Hall–Kier alpha value is -2.16. The normalized spacial score (nSPS) is 12.9. The summed E-state index contributed by atoms with van der Waals surface area (Å²) in [7, 11) is -3.74. The second kappa shape index (κ2) is 9.16. The number of sulfonamides is 1. The van der Waals surface area contributed by atoms with Crippen molar-refractivity contribution in [2.24, 2.45) is 0 Å². The Kier molecular flexibility index (Phi) is 7.18. The van der Waals surface area contributed by atoms with Crippen LogP contribution in [-0.4, -0.2) is 38.9 Å². The van der Waals surface area contributed by atoms with Crippen LogP contribution in [0.1, 0.15) is 38.1 Å². The third-order valence-corrected chi connectivity index (χ3v) is 5.84. The highest BCUT2D eigenvalue weighted by Crippen LogP contribution is 2.23. The van der Waals surface area contributed by atoms with Gasteiger partial charge >= 0.3 is 0 Å². The number of nitrogens with zero attached hydrogens (tertiary/aromatic N) is 1. The van der Waals surface area contributed by atoms with Gasteiger partial charge in [0.25, 0.3) is 0 Å². The zero-order chi connectivity index (χ0) is 20.0. The number of rotatable bonds is 9. The summed E-state index contributed by atoms with van der Waals surface area (Å²) in [5.74, 6) is 0.462. The van der Waals surface area contributed by atoms with Crippen molar-refractivity contribution in [3.8, 4) is 0 Å². The van der Waals surface area contributed by atoms with E-state index in [1.165, 1.54) is 19.1 Å². The number of hydrogen-bond donors (Lipinski definition) is 2. The van der Waals surface area contributed by atoms with Crippen molar-refractivity contribution in [1.29, 1.82) is 0 Å². The number of hydrogen-bond acceptors (Lipinski definition) is 5. The van der Waals surface area contributed by atoms with E-state index in [1.807, 2.05) is 26.8 Å². The molecule has 1 amide bonds. The molecule has 7 nitrogen and oxygen atoms in total. The molecule has 2 aromatic rings. The number of aryl methyl sites for hydroxylation is 1. The fraction of sp³-hybridized carbons (Fsp3) is 0.421. The third-order valence-electron chi connectivity index (χ3n) is 4.42. The fourth-order valence-electron chi connectivity index (χ4n) is 2.92. The third kappa shape index (κ3) is 5.41. The molecule has 2 N–H and O–H groups in total. The average molecular weight is 394 g/mol. The van der Waals surface area contributed by atoms with Gasteiger partial charge in [0.05, 0.1) is 17.2 Å². The van der Waals surface area contributed by atoms with Gasteiger partial charge < -0.3 is 9.73 Å². The molecule has 0 spiro atoms. The lowest BCUT2D eigenvalue weighted by molar-refractivity contribution is -0.114. The van der Waals surface area contributed by atoms with Gasteiger partial charge in [-0.3, -0.25) is 9.69 Å². The van der Waals surface area contributed by atoms with Crippen molar-refractivity contribution in [1.82, 2.24) is 9.62 Å². The Balaban J connectivity index is 2.23. The number of carbonyl (C=O) groups is 1. The molecule has 0 aliphatic heterocycles. The molecule has 1 aromatic heterocycles. The number of anilines is 1. The van der Waals surface area contributed by atoms with Gasteiger partial charge in [0.15, 0.2) is 0 Å². The van der Waals surface area contributed by atoms with Crippen LogP contribution in [0.2, 0.25) is 0 Å². The number of nitrogens with one attached hydrogen (secondary N) is 2. The lowest BCUT2D eigenvalue weighted by atomic mass is 10.2. The second-order valence-corrected chi connectivity index (χ2v) is 8.03. The molecule has 1 atom stereocenters. The van der Waals surface area contributed by atoms with Gasteiger partial charge in [-0.25, -0.2) is 13.1 Å². The van der Waals surface area contributed by atoms with Crippen molar-refractivity contribution < 1.29 is 17.6 Å². The Bertz CT molecular complexity index is 859. The minimum absolute atomic E-state index is 0.106. The van der Waals surface area contributed by atoms with Crippen LogP contribution >= 0.6 is 0 Å². The number of furan rings is 1. The van der Waals surface area contributed by atoms with Crippen molar-refractivity contribution in [3.05, 3.63) is 47.9 Å². The largest absolute Gasteiger partial charge is 0.468 e. The molecule has 1 unspecified atom stereocenters. The molecule has 0 fully saturated rings. The van der Waals surface area contributed by atoms with Gasteiger partial charge in [-0.1, -0.05) is 19.9 Å². The predicted molar refractivity (Wildman–Crippen MR) is 105 cm³/mol. The Labute approximate surface area is 160 Å². The molecule has 0 radical (unpaired) electrons. The number of carbonyl (C=O) groups excluding carboxylic acids is 1. The maximum atomic E-state index is 12.8. The van der Waals surface area contributed by atoms with Gasteiger partial charge in [0.2, 0.25) is 15.9 Å². The van der Waals surface area contributed by atoms with Crippen LogP contribution in [0.25, 0.3) is 0 Å². The number of amides is 1. The van der Waals surface area contributed by atoms with Gasteiger partial charge in [-0.15, -0.1) is 0 Å². The van der Waals surface area contributed by atoms with Crippen LogP contribution in [0.5, 0.6) is 0 Å². The summed E-state index contributed by atoms with van der Waals surface area (Å²) in [5.41, 5.74) is 1.28. The first-order valence-electron chi connectivity index (χ1n) is 8.93. The summed E-state index contributed by atoms with van der Waals surface area (Å²) in [6.45, 7) is 8.95. The highest BCUT2D eigenvalue weighted by Gasteiger charge is 2.24.